The van der Waals surface area contributed by atoms with Crippen molar-refractivity contribution in [3.63, 3.8) is 0 Å². The highest BCUT2D eigenvalue weighted by Crippen LogP contribution is 2.22. The first-order valence-electron chi connectivity index (χ1n) is 19.8. The lowest BCUT2D eigenvalue weighted by Crippen LogP contribution is -2.59. The Hall–Kier alpha value is -1.46. The molecule has 0 aromatic rings. The third-order valence-electron chi connectivity index (χ3n) is 9.16. The number of unbranched alkanes of at least 4 members (excludes halogenated alkanes) is 7. The molecule has 0 bridgehead atoms. The maximum absolute atomic E-state index is 12.7. The van der Waals surface area contributed by atoms with Crippen LogP contribution in [0.3, 0.4) is 0 Å². The van der Waals surface area contributed by atoms with Crippen molar-refractivity contribution in [2.45, 2.75) is 148 Å². The van der Waals surface area contributed by atoms with Crippen LogP contribution in [0, 0.1) is 0 Å². The zero-order valence-corrected chi connectivity index (χ0v) is 33.2. The molecule has 2 rings (SSSR count). The summed E-state index contributed by atoms with van der Waals surface area (Å²) in [5.41, 5.74) is -1.01. The van der Waals surface area contributed by atoms with Crippen molar-refractivity contribution in [2.75, 3.05) is 85.2 Å². The Morgan fingerprint density at radius 2 is 1.17 bits per heavy atom. The Labute approximate surface area is 313 Å². The molecule has 2 aliphatic heterocycles. The van der Waals surface area contributed by atoms with E-state index in [9.17, 15) is 30.0 Å². The monoisotopic (exact) mass is 747 g/mol. The van der Waals surface area contributed by atoms with Gasteiger partial charge in [-0.2, -0.15) is 0 Å². The summed E-state index contributed by atoms with van der Waals surface area (Å²) in [4.78, 5) is 32.3. The van der Waals surface area contributed by atoms with Gasteiger partial charge in [0.25, 0.3) is 0 Å². The number of ether oxygens (including phenoxy) is 4. The van der Waals surface area contributed by atoms with Crippen molar-refractivity contribution in [3.8, 4) is 0 Å². The molecule has 2 heterocycles. The molecule has 0 aromatic heterocycles. The number of hydrogen-bond acceptors (Lipinski definition) is 14. The molecule has 0 saturated carbocycles. The van der Waals surface area contributed by atoms with Gasteiger partial charge >= 0.3 is 11.9 Å². The minimum Gasteiger partial charge on any atom is -0.459 e. The van der Waals surface area contributed by atoms with Crippen LogP contribution in [0.1, 0.15) is 106 Å². The van der Waals surface area contributed by atoms with E-state index in [1.165, 1.54) is 0 Å². The minimum absolute atomic E-state index is 0.188. The molecule has 52 heavy (non-hydrogen) atoms. The van der Waals surface area contributed by atoms with Gasteiger partial charge in [-0.1, -0.05) is 38.5 Å². The highest BCUT2D eigenvalue weighted by Gasteiger charge is 2.43. The Bertz CT molecular complexity index is 976. The van der Waals surface area contributed by atoms with Crippen LogP contribution in [0.2, 0.25) is 0 Å². The molecule has 0 aliphatic carbocycles. The molecule has 306 valence electrons. The van der Waals surface area contributed by atoms with E-state index in [0.29, 0.717) is 6.61 Å². The Kier molecular flexibility index (Phi) is 22.3. The average Bonchev–Trinajstić information content (AvgIpc) is 3.04. The van der Waals surface area contributed by atoms with Crippen LogP contribution in [0.4, 0.5) is 0 Å². The van der Waals surface area contributed by atoms with E-state index >= 15 is 0 Å². The Morgan fingerprint density at radius 1 is 0.654 bits per heavy atom. The summed E-state index contributed by atoms with van der Waals surface area (Å²) in [5.74, 6) is -0.378. The Balaban J connectivity index is 1.78. The average molecular weight is 747 g/mol. The molecule has 2 aliphatic rings. The van der Waals surface area contributed by atoms with Gasteiger partial charge in [0.05, 0.1) is 19.7 Å². The fourth-order valence-electron chi connectivity index (χ4n) is 6.48. The lowest BCUT2D eigenvalue weighted by Gasteiger charge is -2.39. The molecule has 0 radical (unpaired) electrons. The van der Waals surface area contributed by atoms with Crippen LogP contribution in [-0.4, -0.2) is 174 Å². The van der Waals surface area contributed by atoms with E-state index in [1.807, 2.05) is 41.5 Å². The molecular weight excluding hydrogens is 672 g/mol. The lowest BCUT2D eigenvalue weighted by molar-refractivity contribution is -0.301. The van der Waals surface area contributed by atoms with Gasteiger partial charge in [-0.25, -0.2) is 0 Å². The molecular formula is C38H74N4O10. The number of esters is 2. The van der Waals surface area contributed by atoms with Gasteiger partial charge in [0.1, 0.15) is 35.6 Å². The molecule has 5 atom stereocenters. The zero-order valence-electron chi connectivity index (χ0n) is 33.2. The van der Waals surface area contributed by atoms with E-state index in [2.05, 4.69) is 20.0 Å². The summed E-state index contributed by atoms with van der Waals surface area (Å²) in [7, 11) is 0. The number of hydrogen-bond donors (Lipinski definition) is 5. The number of rotatable bonds is 17. The normalized spacial score (nSPS) is 25.8. The van der Waals surface area contributed by atoms with Crippen LogP contribution in [-0.2, 0) is 28.5 Å². The molecule has 0 aromatic carbocycles. The quantitative estimate of drug-likeness (QED) is 0.108. The summed E-state index contributed by atoms with van der Waals surface area (Å²) in [6.07, 6.45) is 4.22. The number of carbonyl (C=O) groups is 2. The molecule has 5 N–H and O–H groups in total. The van der Waals surface area contributed by atoms with Gasteiger partial charge in [0.15, 0.2) is 6.29 Å². The molecule has 14 nitrogen and oxygen atoms in total. The Morgan fingerprint density at radius 3 is 1.77 bits per heavy atom. The number of aliphatic hydroxyl groups is 4. The topological polar surface area (TPSA) is 174 Å². The van der Waals surface area contributed by atoms with Gasteiger partial charge in [-0.05, 0) is 93.4 Å². The van der Waals surface area contributed by atoms with Crippen LogP contribution in [0.15, 0.2) is 0 Å². The number of nitrogens with one attached hydrogen (secondary N) is 1. The summed E-state index contributed by atoms with van der Waals surface area (Å²) >= 11 is 0. The third-order valence-corrected chi connectivity index (χ3v) is 9.16. The van der Waals surface area contributed by atoms with E-state index < -0.39 is 48.5 Å². The van der Waals surface area contributed by atoms with E-state index in [-0.39, 0.29) is 25.0 Å². The second-order valence-corrected chi connectivity index (χ2v) is 16.4. The van der Waals surface area contributed by atoms with Crippen LogP contribution in [0.5, 0.6) is 0 Å². The maximum Gasteiger partial charge on any atom is 0.320 e. The van der Waals surface area contributed by atoms with Crippen molar-refractivity contribution >= 4 is 11.9 Å². The summed E-state index contributed by atoms with van der Waals surface area (Å²) in [6, 6.07) is 0. The summed E-state index contributed by atoms with van der Waals surface area (Å²) in [6.45, 7) is 19.4. The molecule has 14 heteroatoms. The molecule has 2 saturated heterocycles. The van der Waals surface area contributed by atoms with Gasteiger partial charge < -0.3 is 49.6 Å². The smallest absolute Gasteiger partial charge is 0.320 e. The van der Waals surface area contributed by atoms with Crippen molar-refractivity contribution in [1.29, 1.82) is 0 Å². The molecule has 2 unspecified atom stereocenters. The standard InChI is InChI=1S/C38H74N4O10/c1-37(2,3)51-31(44)27-41-22-16-21-40(24-25-42(20-15-17-39-18-23-41)28-32(45)52-38(4,5)6)19-13-11-9-7-8-10-12-14-26-49-36-35(48)34(47)33(46)30(29-43)50-36/h30,33-36,39,43,46-48H,7-29H2,1-6H3/t30?,33-,34?,35+,36-/m1/s1. The number of aliphatic hydroxyl groups excluding tert-OH is 4. The summed E-state index contributed by atoms with van der Waals surface area (Å²) in [5, 5.41) is 42.7. The number of carbonyl (C=O) groups excluding carboxylic acids is 2. The largest absolute Gasteiger partial charge is 0.459 e. The van der Waals surface area contributed by atoms with Crippen LogP contribution < -0.4 is 5.32 Å². The first-order valence-corrected chi connectivity index (χ1v) is 19.8. The third kappa shape index (κ3) is 20.8. The fraction of sp³-hybridized carbons (Fsp3) is 0.947. The predicted molar refractivity (Wildman–Crippen MR) is 200 cm³/mol. The lowest BCUT2D eigenvalue weighted by atomic mass is 9.99. The highest BCUT2D eigenvalue weighted by molar-refractivity contribution is 5.72. The highest BCUT2D eigenvalue weighted by atomic mass is 16.7. The molecule has 0 amide bonds. The zero-order chi connectivity index (χ0) is 38.6. The van der Waals surface area contributed by atoms with Crippen molar-refractivity contribution in [3.05, 3.63) is 0 Å². The van der Waals surface area contributed by atoms with Gasteiger partial charge in [0, 0.05) is 39.3 Å². The van der Waals surface area contributed by atoms with E-state index in [1.54, 1.807) is 0 Å². The number of nitrogens with zero attached hydrogens (tertiary/aromatic N) is 3. The first-order chi connectivity index (χ1) is 24.6. The predicted octanol–water partition coefficient (Wildman–Crippen LogP) is 1.90. The van der Waals surface area contributed by atoms with Crippen molar-refractivity contribution < 1.29 is 49.0 Å². The van der Waals surface area contributed by atoms with Gasteiger partial charge in [-0.15, -0.1) is 0 Å². The second kappa shape index (κ2) is 24.8. The fourth-order valence-corrected chi connectivity index (χ4v) is 6.48. The first kappa shape index (κ1) is 46.7. The van der Waals surface area contributed by atoms with Gasteiger partial charge in [0.2, 0.25) is 0 Å². The molecule has 0 spiro atoms. The summed E-state index contributed by atoms with van der Waals surface area (Å²) < 4.78 is 22.2. The maximum atomic E-state index is 12.7. The second-order valence-electron chi connectivity index (χ2n) is 16.4. The van der Waals surface area contributed by atoms with E-state index in [4.69, 9.17) is 18.9 Å². The minimum atomic E-state index is -1.42. The van der Waals surface area contributed by atoms with Crippen molar-refractivity contribution in [1.82, 2.24) is 20.0 Å². The van der Waals surface area contributed by atoms with Gasteiger partial charge in [-0.3, -0.25) is 19.4 Å². The SMILES string of the molecule is CC(C)(C)OC(=O)CN1CCCN(CCCCCCCCCCO[C@@H]2OC(CO)[C@@H](O)C(O)[C@@H]2O)CCN(CC(=O)OC(C)(C)C)CCCNCC1. The molecule has 2 fully saturated rings. The van der Waals surface area contributed by atoms with Crippen LogP contribution in [0.25, 0.3) is 0 Å². The van der Waals surface area contributed by atoms with Crippen LogP contribution >= 0.6 is 0 Å². The van der Waals surface area contributed by atoms with E-state index in [0.717, 1.165) is 123 Å². The van der Waals surface area contributed by atoms with Crippen molar-refractivity contribution in [2.24, 2.45) is 0 Å².